The highest BCUT2D eigenvalue weighted by Gasteiger charge is 2.34. The molecule has 0 atom stereocenters. The molecule has 0 saturated carbocycles. The van der Waals surface area contributed by atoms with Crippen LogP contribution >= 0.6 is 0 Å². The molecular formula is C22H22F3NO5. The number of methoxy groups -OCH3 is 1. The van der Waals surface area contributed by atoms with E-state index in [1.165, 1.54) is 48.4 Å². The molecule has 166 valence electrons. The van der Waals surface area contributed by atoms with Crippen LogP contribution in [-0.4, -0.2) is 48.9 Å². The number of hydrogen-bond donors (Lipinski definition) is 1. The average molecular weight is 437 g/mol. The summed E-state index contributed by atoms with van der Waals surface area (Å²) in [5, 5.41) is 8.98. The highest BCUT2D eigenvalue weighted by Crippen LogP contribution is 2.39. The summed E-state index contributed by atoms with van der Waals surface area (Å²) in [5.41, 5.74) is -0.544. The van der Waals surface area contributed by atoms with Gasteiger partial charge in [0.2, 0.25) is 0 Å². The summed E-state index contributed by atoms with van der Waals surface area (Å²) < 4.78 is 51.5. The number of esters is 1. The smallest absolute Gasteiger partial charge is 0.417 e. The molecule has 1 aliphatic rings. The van der Waals surface area contributed by atoms with Crippen molar-refractivity contribution < 1.29 is 37.3 Å². The van der Waals surface area contributed by atoms with E-state index in [1.807, 2.05) is 0 Å². The highest BCUT2D eigenvalue weighted by atomic mass is 19.4. The number of nitrogens with zero attached hydrogens (tertiary/aromatic N) is 1. The molecule has 9 heteroatoms. The molecule has 2 aromatic rings. The fraction of sp³-hybridized carbons (Fsp3) is 0.364. The Morgan fingerprint density at radius 2 is 1.84 bits per heavy atom. The first-order valence-electron chi connectivity index (χ1n) is 9.69. The van der Waals surface area contributed by atoms with E-state index < -0.39 is 23.8 Å². The predicted octanol–water partition coefficient (Wildman–Crippen LogP) is 4.93. The molecule has 1 N–H and O–H groups in total. The minimum absolute atomic E-state index is 0.0691. The van der Waals surface area contributed by atoms with Crippen LogP contribution in [0.15, 0.2) is 42.5 Å². The van der Waals surface area contributed by atoms with Crippen molar-refractivity contribution in [2.75, 3.05) is 26.8 Å². The number of halogens is 3. The molecule has 0 radical (unpaired) electrons. The maximum Gasteiger partial charge on any atom is 0.417 e. The van der Waals surface area contributed by atoms with E-state index in [4.69, 9.17) is 9.84 Å². The molecular weight excluding hydrogens is 415 g/mol. The van der Waals surface area contributed by atoms with Crippen LogP contribution in [0.3, 0.4) is 0 Å². The van der Waals surface area contributed by atoms with E-state index in [9.17, 15) is 22.8 Å². The lowest BCUT2D eigenvalue weighted by atomic mass is 9.97. The number of benzene rings is 2. The summed E-state index contributed by atoms with van der Waals surface area (Å²) in [5.74, 6) is -0.480. The summed E-state index contributed by atoms with van der Waals surface area (Å²) in [6.07, 6.45) is -4.41. The number of carboxylic acid groups (broad SMARTS) is 1. The highest BCUT2D eigenvalue weighted by molar-refractivity contribution is 5.91. The van der Waals surface area contributed by atoms with Crippen molar-refractivity contribution in [1.29, 1.82) is 0 Å². The van der Waals surface area contributed by atoms with Gasteiger partial charge in [0.15, 0.2) is 0 Å². The predicted molar refractivity (Wildman–Crippen MR) is 106 cm³/mol. The van der Waals surface area contributed by atoms with Gasteiger partial charge in [-0.1, -0.05) is 18.2 Å². The van der Waals surface area contributed by atoms with Crippen molar-refractivity contribution in [3.63, 3.8) is 0 Å². The second-order valence-electron chi connectivity index (χ2n) is 7.30. The molecule has 1 saturated heterocycles. The van der Waals surface area contributed by atoms with Gasteiger partial charge in [-0.15, -0.1) is 0 Å². The molecule has 0 aliphatic carbocycles. The fourth-order valence-electron chi connectivity index (χ4n) is 3.54. The number of carbonyl (C=O) groups excluding carboxylic acids is 1. The lowest BCUT2D eigenvalue weighted by Gasteiger charge is -2.29. The Morgan fingerprint density at radius 1 is 1.13 bits per heavy atom. The largest absolute Gasteiger partial charge is 0.493 e. The van der Waals surface area contributed by atoms with Gasteiger partial charge in [-0.2, -0.15) is 13.2 Å². The van der Waals surface area contributed by atoms with Crippen molar-refractivity contribution >= 4 is 12.1 Å². The quantitative estimate of drug-likeness (QED) is 0.672. The van der Waals surface area contributed by atoms with E-state index in [-0.39, 0.29) is 35.0 Å². The molecule has 1 heterocycles. The zero-order valence-corrected chi connectivity index (χ0v) is 16.8. The molecule has 31 heavy (non-hydrogen) atoms. The van der Waals surface area contributed by atoms with Gasteiger partial charge in [-0.25, -0.2) is 9.59 Å². The van der Waals surface area contributed by atoms with Gasteiger partial charge < -0.3 is 19.5 Å². The van der Waals surface area contributed by atoms with Crippen LogP contribution in [0.5, 0.6) is 5.75 Å². The number of hydrogen-bond acceptors (Lipinski definition) is 4. The van der Waals surface area contributed by atoms with Crippen LogP contribution in [0.25, 0.3) is 11.1 Å². The Morgan fingerprint density at radius 3 is 2.45 bits per heavy atom. The van der Waals surface area contributed by atoms with Gasteiger partial charge in [0.25, 0.3) is 0 Å². The monoisotopic (exact) mass is 437 g/mol. The Balaban J connectivity index is 1.78. The van der Waals surface area contributed by atoms with Gasteiger partial charge >= 0.3 is 18.2 Å². The summed E-state index contributed by atoms with van der Waals surface area (Å²) >= 11 is 0. The van der Waals surface area contributed by atoms with Crippen LogP contribution in [0.4, 0.5) is 18.0 Å². The number of piperidine rings is 1. The van der Waals surface area contributed by atoms with E-state index in [2.05, 4.69) is 4.74 Å². The number of likely N-dealkylation sites (tertiary alicyclic amines) is 1. The maximum atomic E-state index is 13.7. The SMILES string of the molecule is COC(=O)c1cccc(-c2ccc(OCC3CCN(C(=O)O)CC3)cc2C(F)(F)F)c1. The number of carbonyl (C=O) groups is 2. The zero-order chi connectivity index (χ0) is 22.6. The van der Waals surface area contributed by atoms with Crippen molar-refractivity contribution in [2.24, 2.45) is 5.92 Å². The number of rotatable bonds is 5. The molecule has 6 nitrogen and oxygen atoms in total. The van der Waals surface area contributed by atoms with Crippen molar-refractivity contribution in [2.45, 2.75) is 19.0 Å². The first kappa shape index (κ1) is 22.5. The lowest BCUT2D eigenvalue weighted by molar-refractivity contribution is -0.137. The fourth-order valence-corrected chi connectivity index (χ4v) is 3.54. The van der Waals surface area contributed by atoms with Crippen molar-refractivity contribution in [3.05, 3.63) is 53.6 Å². The Kier molecular flexibility index (Phi) is 6.72. The standard InChI is InChI=1S/C22H22F3NO5/c1-30-20(27)16-4-2-3-15(11-16)18-6-5-17(12-19(18)22(23,24)25)31-13-14-7-9-26(10-8-14)21(28)29/h2-6,11-12,14H,7-10,13H2,1H3,(H,28,29). The summed E-state index contributed by atoms with van der Waals surface area (Å²) in [6, 6.07) is 9.54. The molecule has 0 aromatic heterocycles. The third-order valence-corrected chi connectivity index (χ3v) is 5.26. The minimum Gasteiger partial charge on any atom is -0.493 e. The van der Waals surface area contributed by atoms with Gasteiger partial charge in [0.1, 0.15) is 5.75 Å². The Labute approximate surface area is 177 Å². The van der Waals surface area contributed by atoms with Crippen LogP contribution in [0.1, 0.15) is 28.8 Å². The van der Waals surface area contributed by atoms with E-state index in [0.29, 0.717) is 25.9 Å². The Hall–Kier alpha value is -3.23. The number of amides is 1. The van der Waals surface area contributed by atoms with Gasteiger partial charge in [-0.3, -0.25) is 0 Å². The Bertz CT molecular complexity index is 952. The van der Waals surface area contributed by atoms with Crippen LogP contribution in [0, 0.1) is 5.92 Å². The molecule has 1 amide bonds. The number of ether oxygens (including phenoxy) is 2. The summed E-state index contributed by atoms with van der Waals surface area (Å²) in [4.78, 5) is 24.0. The van der Waals surface area contributed by atoms with E-state index in [1.54, 1.807) is 0 Å². The van der Waals surface area contributed by atoms with Crippen LogP contribution < -0.4 is 4.74 Å². The maximum absolute atomic E-state index is 13.7. The van der Waals surface area contributed by atoms with Crippen LogP contribution in [-0.2, 0) is 10.9 Å². The van der Waals surface area contributed by atoms with Gasteiger partial charge in [0, 0.05) is 13.1 Å². The van der Waals surface area contributed by atoms with Gasteiger partial charge in [0.05, 0.1) is 24.8 Å². The molecule has 2 aromatic carbocycles. The normalized spacial score (nSPS) is 14.9. The topological polar surface area (TPSA) is 76.1 Å². The molecule has 0 unspecified atom stereocenters. The lowest BCUT2D eigenvalue weighted by Crippen LogP contribution is -2.38. The minimum atomic E-state index is -4.62. The molecule has 3 rings (SSSR count). The molecule has 1 aliphatic heterocycles. The van der Waals surface area contributed by atoms with E-state index in [0.717, 1.165) is 6.07 Å². The van der Waals surface area contributed by atoms with Crippen molar-refractivity contribution in [1.82, 2.24) is 4.90 Å². The average Bonchev–Trinajstić information content (AvgIpc) is 2.76. The molecule has 0 bridgehead atoms. The van der Waals surface area contributed by atoms with E-state index >= 15 is 0 Å². The van der Waals surface area contributed by atoms with Crippen LogP contribution in [0.2, 0.25) is 0 Å². The third-order valence-electron chi connectivity index (χ3n) is 5.26. The van der Waals surface area contributed by atoms with Gasteiger partial charge in [-0.05, 0) is 54.2 Å². The second-order valence-corrected chi connectivity index (χ2v) is 7.30. The molecule has 1 fully saturated rings. The summed E-state index contributed by atoms with van der Waals surface area (Å²) in [6.45, 7) is 0.973. The first-order valence-corrected chi connectivity index (χ1v) is 9.69. The number of alkyl halides is 3. The zero-order valence-electron chi connectivity index (χ0n) is 16.8. The molecule has 0 spiro atoms. The third kappa shape index (κ3) is 5.48. The summed E-state index contributed by atoms with van der Waals surface area (Å²) in [7, 11) is 1.20. The second kappa shape index (κ2) is 9.28. The van der Waals surface area contributed by atoms with Crippen molar-refractivity contribution in [3.8, 4) is 16.9 Å². The first-order chi connectivity index (χ1) is 14.7.